The Morgan fingerprint density at radius 2 is 1.76 bits per heavy atom. The van der Waals surface area contributed by atoms with Crippen LogP contribution in [0, 0.1) is 6.92 Å². The van der Waals surface area contributed by atoms with Crippen LogP contribution in [-0.4, -0.2) is 0 Å². The molecule has 0 saturated carbocycles. The number of hydrogen-bond donors (Lipinski definition) is 1. The first-order valence-electron chi connectivity index (χ1n) is 6.91. The minimum absolute atomic E-state index is 0.660. The highest BCUT2D eigenvalue weighted by Crippen LogP contribution is 2.24. The maximum absolute atomic E-state index is 5.82. The molecule has 3 aromatic rings. The molecule has 0 atom stereocenters. The molecule has 21 heavy (non-hydrogen) atoms. The van der Waals surface area contributed by atoms with Crippen LogP contribution in [0.5, 0.6) is 11.5 Å². The number of rotatable bonds is 5. The smallest absolute Gasteiger partial charge is 0.129 e. The van der Waals surface area contributed by atoms with Crippen LogP contribution >= 0.6 is 0 Å². The van der Waals surface area contributed by atoms with Crippen molar-refractivity contribution in [1.82, 2.24) is 0 Å². The monoisotopic (exact) mass is 279 g/mol. The average Bonchev–Trinajstić information content (AvgIpc) is 2.92. The lowest BCUT2D eigenvalue weighted by Gasteiger charge is -2.09. The van der Waals surface area contributed by atoms with E-state index in [0.29, 0.717) is 6.54 Å². The number of anilines is 1. The summed E-state index contributed by atoms with van der Waals surface area (Å²) in [6.07, 6.45) is 1.71. The van der Waals surface area contributed by atoms with E-state index in [4.69, 9.17) is 9.15 Å². The van der Waals surface area contributed by atoms with Crippen LogP contribution in [0.15, 0.2) is 71.3 Å². The van der Waals surface area contributed by atoms with Crippen LogP contribution < -0.4 is 10.1 Å². The standard InChI is InChI=1S/C18H17NO2/c1-14-10-11-20-18(14)13-19-15-6-5-9-17(12-15)21-16-7-3-2-4-8-16/h2-12,19H,13H2,1H3. The van der Waals surface area contributed by atoms with Gasteiger partial charge in [0.15, 0.2) is 0 Å². The molecule has 3 rings (SSSR count). The Hall–Kier alpha value is -2.68. The fourth-order valence-corrected chi connectivity index (χ4v) is 2.06. The number of benzene rings is 2. The molecule has 0 aliphatic rings. The van der Waals surface area contributed by atoms with Crippen molar-refractivity contribution in [1.29, 1.82) is 0 Å². The Kier molecular flexibility index (Phi) is 3.92. The number of furan rings is 1. The van der Waals surface area contributed by atoms with E-state index in [-0.39, 0.29) is 0 Å². The summed E-state index contributed by atoms with van der Waals surface area (Å²) < 4.78 is 11.2. The minimum Gasteiger partial charge on any atom is -0.467 e. The number of hydrogen-bond acceptors (Lipinski definition) is 3. The minimum atomic E-state index is 0.660. The molecule has 1 heterocycles. The first-order valence-corrected chi connectivity index (χ1v) is 6.91. The summed E-state index contributed by atoms with van der Waals surface area (Å²) in [6.45, 7) is 2.70. The van der Waals surface area contributed by atoms with Crippen molar-refractivity contribution in [3.8, 4) is 11.5 Å². The largest absolute Gasteiger partial charge is 0.467 e. The van der Waals surface area contributed by atoms with Crippen LogP contribution in [0.1, 0.15) is 11.3 Å². The van der Waals surface area contributed by atoms with E-state index in [2.05, 4.69) is 5.32 Å². The SMILES string of the molecule is Cc1ccoc1CNc1cccc(Oc2ccccc2)c1. The molecule has 0 amide bonds. The van der Waals surface area contributed by atoms with Gasteiger partial charge in [0.25, 0.3) is 0 Å². The molecule has 106 valence electrons. The van der Waals surface area contributed by atoms with Crippen molar-refractivity contribution in [3.05, 3.63) is 78.3 Å². The molecule has 1 N–H and O–H groups in total. The van der Waals surface area contributed by atoms with Crippen LogP contribution in [-0.2, 0) is 6.54 Å². The maximum Gasteiger partial charge on any atom is 0.129 e. The number of para-hydroxylation sites is 1. The van der Waals surface area contributed by atoms with Gasteiger partial charge in [-0.2, -0.15) is 0 Å². The van der Waals surface area contributed by atoms with E-state index in [9.17, 15) is 0 Å². The van der Waals surface area contributed by atoms with Crippen LogP contribution in [0.4, 0.5) is 5.69 Å². The summed E-state index contributed by atoms with van der Waals surface area (Å²) in [5, 5.41) is 3.34. The van der Waals surface area contributed by atoms with Gasteiger partial charge in [-0.1, -0.05) is 24.3 Å². The number of nitrogens with one attached hydrogen (secondary N) is 1. The van der Waals surface area contributed by atoms with Gasteiger partial charge in [0, 0.05) is 11.8 Å². The van der Waals surface area contributed by atoms with Gasteiger partial charge in [0.2, 0.25) is 0 Å². The van der Waals surface area contributed by atoms with Gasteiger partial charge < -0.3 is 14.5 Å². The molecule has 3 heteroatoms. The molecule has 0 spiro atoms. The highest BCUT2D eigenvalue weighted by molar-refractivity contribution is 5.49. The molecule has 2 aromatic carbocycles. The van der Waals surface area contributed by atoms with E-state index in [1.165, 1.54) is 0 Å². The van der Waals surface area contributed by atoms with Gasteiger partial charge in [0.05, 0.1) is 12.8 Å². The van der Waals surface area contributed by atoms with Crippen molar-refractivity contribution in [3.63, 3.8) is 0 Å². The van der Waals surface area contributed by atoms with Gasteiger partial charge in [0.1, 0.15) is 17.3 Å². The zero-order valence-electron chi connectivity index (χ0n) is 11.9. The highest BCUT2D eigenvalue weighted by Gasteiger charge is 2.03. The summed E-state index contributed by atoms with van der Waals surface area (Å²) >= 11 is 0. The third-order valence-electron chi connectivity index (χ3n) is 3.23. The second-order valence-corrected chi connectivity index (χ2v) is 4.82. The summed E-state index contributed by atoms with van der Waals surface area (Å²) in [6, 6.07) is 19.6. The van der Waals surface area contributed by atoms with E-state index < -0.39 is 0 Å². The van der Waals surface area contributed by atoms with E-state index in [1.54, 1.807) is 6.26 Å². The molecule has 3 nitrogen and oxygen atoms in total. The molecule has 0 radical (unpaired) electrons. The fourth-order valence-electron chi connectivity index (χ4n) is 2.06. The van der Waals surface area contributed by atoms with Crippen molar-refractivity contribution in [2.45, 2.75) is 13.5 Å². The Morgan fingerprint density at radius 3 is 2.52 bits per heavy atom. The number of ether oxygens (including phenoxy) is 1. The second-order valence-electron chi connectivity index (χ2n) is 4.82. The lowest BCUT2D eigenvalue weighted by atomic mass is 10.2. The highest BCUT2D eigenvalue weighted by atomic mass is 16.5. The van der Waals surface area contributed by atoms with Crippen molar-refractivity contribution in [2.75, 3.05) is 5.32 Å². The summed E-state index contributed by atoms with van der Waals surface area (Å²) in [7, 11) is 0. The summed E-state index contributed by atoms with van der Waals surface area (Å²) in [5.74, 6) is 2.59. The fraction of sp³-hybridized carbons (Fsp3) is 0.111. The second kappa shape index (κ2) is 6.18. The van der Waals surface area contributed by atoms with Crippen LogP contribution in [0.3, 0.4) is 0 Å². The maximum atomic E-state index is 5.82. The molecule has 0 fully saturated rings. The third kappa shape index (κ3) is 3.45. The van der Waals surface area contributed by atoms with Gasteiger partial charge in [-0.15, -0.1) is 0 Å². The van der Waals surface area contributed by atoms with Crippen molar-refractivity contribution >= 4 is 5.69 Å². The quantitative estimate of drug-likeness (QED) is 0.714. The molecule has 0 saturated heterocycles. The van der Waals surface area contributed by atoms with E-state index >= 15 is 0 Å². The zero-order chi connectivity index (χ0) is 14.5. The summed E-state index contributed by atoms with van der Waals surface area (Å²) in [5.41, 5.74) is 2.15. The van der Waals surface area contributed by atoms with E-state index in [0.717, 1.165) is 28.5 Å². The molecule has 0 bridgehead atoms. The topological polar surface area (TPSA) is 34.4 Å². The molecule has 0 unspecified atom stereocenters. The zero-order valence-corrected chi connectivity index (χ0v) is 11.9. The normalized spacial score (nSPS) is 10.3. The van der Waals surface area contributed by atoms with Gasteiger partial charge >= 0.3 is 0 Å². The molecule has 0 aliphatic heterocycles. The number of aryl methyl sites for hydroxylation is 1. The van der Waals surface area contributed by atoms with Crippen molar-refractivity contribution < 1.29 is 9.15 Å². The third-order valence-corrected chi connectivity index (χ3v) is 3.23. The molecular weight excluding hydrogens is 262 g/mol. The van der Waals surface area contributed by atoms with Crippen LogP contribution in [0.2, 0.25) is 0 Å². The lowest BCUT2D eigenvalue weighted by molar-refractivity contribution is 0.482. The van der Waals surface area contributed by atoms with Crippen molar-refractivity contribution in [2.24, 2.45) is 0 Å². The lowest BCUT2D eigenvalue weighted by Crippen LogP contribution is -1.99. The predicted molar refractivity (Wildman–Crippen MR) is 83.7 cm³/mol. The Bertz CT molecular complexity index is 704. The first-order chi connectivity index (χ1) is 10.3. The first kappa shape index (κ1) is 13.3. The Labute approximate surface area is 124 Å². The Morgan fingerprint density at radius 1 is 0.952 bits per heavy atom. The predicted octanol–water partition coefficient (Wildman–Crippen LogP) is 4.99. The van der Waals surface area contributed by atoms with Gasteiger partial charge in [-0.3, -0.25) is 0 Å². The van der Waals surface area contributed by atoms with Gasteiger partial charge in [-0.05, 0) is 42.8 Å². The molecule has 0 aliphatic carbocycles. The molecular formula is C18H17NO2. The Balaban J connectivity index is 1.67. The summed E-state index contributed by atoms with van der Waals surface area (Å²) in [4.78, 5) is 0. The van der Waals surface area contributed by atoms with Gasteiger partial charge in [-0.25, -0.2) is 0 Å². The van der Waals surface area contributed by atoms with E-state index in [1.807, 2.05) is 67.6 Å². The molecule has 1 aromatic heterocycles. The average molecular weight is 279 g/mol. The van der Waals surface area contributed by atoms with Crippen LogP contribution in [0.25, 0.3) is 0 Å².